The van der Waals surface area contributed by atoms with Crippen molar-refractivity contribution in [2.24, 2.45) is 0 Å². The molecular weight excluding hydrogens is 408 g/mol. The van der Waals surface area contributed by atoms with Gasteiger partial charge in [0.15, 0.2) is 18.1 Å². The standard InChI is InChI=1S/C24H22N4O4/c1-31-21-11-4-5-12-22(21)32-16-23(29)26-14-20-18-9-2-3-10-19(18)24(30)28(27-20)15-17-8-6-7-13-25-17/h2-13H,14-16H2,1H3,(H,26,29). The van der Waals surface area contributed by atoms with E-state index in [1.54, 1.807) is 43.6 Å². The molecule has 0 radical (unpaired) electrons. The van der Waals surface area contributed by atoms with Crippen LogP contribution >= 0.6 is 0 Å². The highest BCUT2D eigenvalue weighted by Gasteiger charge is 2.13. The van der Waals surface area contributed by atoms with E-state index in [1.807, 2.05) is 36.4 Å². The zero-order chi connectivity index (χ0) is 22.3. The maximum Gasteiger partial charge on any atom is 0.275 e. The van der Waals surface area contributed by atoms with Gasteiger partial charge in [0.1, 0.15) is 0 Å². The molecule has 0 bridgehead atoms. The second-order valence-electron chi connectivity index (χ2n) is 6.99. The number of nitrogens with zero attached hydrogens (tertiary/aromatic N) is 3. The number of benzene rings is 2. The van der Waals surface area contributed by atoms with E-state index in [0.29, 0.717) is 28.0 Å². The number of pyridine rings is 1. The van der Waals surface area contributed by atoms with Crippen molar-refractivity contribution in [1.29, 1.82) is 0 Å². The van der Waals surface area contributed by atoms with Crippen molar-refractivity contribution in [2.45, 2.75) is 13.1 Å². The molecule has 1 amide bonds. The van der Waals surface area contributed by atoms with Gasteiger partial charge in [0.05, 0.1) is 37.0 Å². The summed E-state index contributed by atoms with van der Waals surface area (Å²) in [4.78, 5) is 29.6. The number of methoxy groups -OCH3 is 1. The molecule has 1 N–H and O–H groups in total. The summed E-state index contributed by atoms with van der Waals surface area (Å²) in [5, 5.41) is 8.54. The minimum absolute atomic E-state index is 0.150. The molecule has 0 saturated carbocycles. The third kappa shape index (κ3) is 4.75. The number of nitrogens with one attached hydrogen (secondary N) is 1. The molecule has 0 atom stereocenters. The fraction of sp³-hybridized carbons (Fsp3) is 0.167. The van der Waals surface area contributed by atoms with Crippen molar-refractivity contribution in [2.75, 3.05) is 13.7 Å². The second-order valence-corrected chi connectivity index (χ2v) is 6.99. The van der Waals surface area contributed by atoms with E-state index in [-0.39, 0.29) is 31.2 Å². The monoisotopic (exact) mass is 430 g/mol. The fourth-order valence-corrected chi connectivity index (χ4v) is 3.30. The van der Waals surface area contributed by atoms with Crippen LogP contribution in [0.4, 0.5) is 0 Å². The third-order valence-corrected chi connectivity index (χ3v) is 4.86. The number of fused-ring (bicyclic) bond motifs is 1. The summed E-state index contributed by atoms with van der Waals surface area (Å²) in [5.74, 6) is 0.719. The van der Waals surface area contributed by atoms with Crippen LogP contribution in [0.1, 0.15) is 11.4 Å². The van der Waals surface area contributed by atoms with Crippen LogP contribution < -0.4 is 20.3 Å². The molecule has 2 heterocycles. The van der Waals surface area contributed by atoms with Gasteiger partial charge in [-0.1, -0.05) is 36.4 Å². The second kappa shape index (κ2) is 9.74. The van der Waals surface area contributed by atoms with Crippen molar-refractivity contribution in [3.05, 3.63) is 94.7 Å². The highest BCUT2D eigenvalue weighted by molar-refractivity contribution is 5.84. The summed E-state index contributed by atoms with van der Waals surface area (Å²) < 4.78 is 12.2. The molecule has 0 saturated heterocycles. The van der Waals surface area contributed by atoms with Crippen LogP contribution in [-0.4, -0.2) is 34.4 Å². The maximum absolute atomic E-state index is 12.9. The van der Waals surface area contributed by atoms with Crippen LogP contribution in [0.5, 0.6) is 11.5 Å². The Labute approximate surface area is 184 Å². The lowest BCUT2D eigenvalue weighted by molar-refractivity contribution is -0.123. The van der Waals surface area contributed by atoms with Gasteiger partial charge in [-0.25, -0.2) is 4.68 Å². The fourth-order valence-electron chi connectivity index (χ4n) is 3.30. The highest BCUT2D eigenvalue weighted by Crippen LogP contribution is 2.25. The Balaban J connectivity index is 1.51. The lowest BCUT2D eigenvalue weighted by Gasteiger charge is -2.13. The number of carbonyl (C=O) groups excluding carboxylic acids is 1. The van der Waals surface area contributed by atoms with Gasteiger partial charge in [-0.2, -0.15) is 5.10 Å². The Morgan fingerprint density at radius 2 is 1.69 bits per heavy atom. The summed E-state index contributed by atoms with van der Waals surface area (Å²) in [5.41, 5.74) is 1.10. The van der Waals surface area contributed by atoms with Crippen LogP contribution in [0.3, 0.4) is 0 Å². The van der Waals surface area contributed by atoms with Gasteiger partial charge in [-0.05, 0) is 30.3 Å². The molecule has 0 aliphatic carbocycles. The summed E-state index contributed by atoms with van der Waals surface area (Å²) >= 11 is 0. The van der Waals surface area contributed by atoms with Gasteiger partial charge in [-0.3, -0.25) is 14.6 Å². The van der Waals surface area contributed by atoms with Crippen LogP contribution in [-0.2, 0) is 17.9 Å². The van der Waals surface area contributed by atoms with Crippen LogP contribution in [0, 0.1) is 0 Å². The molecule has 0 aliphatic rings. The van der Waals surface area contributed by atoms with Gasteiger partial charge in [-0.15, -0.1) is 0 Å². The number of rotatable bonds is 8. The topological polar surface area (TPSA) is 95.3 Å². The zero-order valence-electron chi connectivity index (χ0n) is 17.5. The number of ether oxygens (including phenoxy) is 2. The van der Waals surface area contributed by atoms with E-state index in [2.05, 4.69) is 15.4 Å². The smallest absolute Gasteiger partial charge is 0.275 e. The molecule has 0 fully saturated rings. The molecule has 2 aromatic carbocycles. The predicted molar refractivity (Wildman–Crippen MR) is 120 cm³/mol. The number of para-hydroxylation sites is 2. The first-order valence-electron chi connectivity index (χ1n) is 10.1. The summed E-state index contributed by atoms with van der Waals surface area (Å²) in [6.45, 7) is 0.214. The molecule has 162 valence electrons. The number of amides is 1. The molecular formula is C24H22N4O4. The molecule has 4 aromatic rings. The molecule has 0 aliphatic heterocycles. The zero-order valence-corrected chi connectivity index (χ0v) is 17.5. The first kappa shape index (κ1) is 21.0. The van der Waals surface area contributed by atoms with E-state index >= 15 is 0 Å². The van der Waals surface area contributed by atoms with Gasteiger partial charge in [0.2, 0.25) is 0 Å². The minimum Gasteiger partial charge on any atom is -0.493 e. The minimum atomic E-state index is -0.315. The largest absolute Gasteiger partial charge is 0.493 e. The average molecular weight is 430 g/mol. The Kier molecular flexibility index (Phi) is 6.41. The van der Waals surface area contributed by atoms with Crippen molar-refractivity contribution in [3.8, 4) is 11.5 Å². The van der Waals surface area contributed by atoms with Gasteiger partial charge < -0.3 is 14.8 Å². The van der Waals surface area contributed by atoms with Crippen molar-refractivity contribution in [3.63, 3.8) is 0 Å². The predicted octanol–water partition coefficient (Wildman–Crippen LogP) is 2.54. The average Bonchev–Trinajstić information content (AvgIpc) is 2.84. The lowest BCUT2D eigenvalue weighted by atomic mass is 10.1. The van der Waals surface area contributed by atoms with Crippen molar-refractivity contribution >= 4 is 16.7 Å². The lowest BCUT2D eigenvalue weighted by Crippen LogP contribution is -2.31. The van der Waals surface area contributed by atoms with Crippen LogP contribution in [0.2, 0.25) is 0 Å². The number of hydrogen-bond acceptors (Lipinski definition) is 6. The van der Waals surface area contributed by atoms with E-state index in [0.717, 1.165) is 5.69 Å². The van der Waals surface area contributed by atoms with Gasteiger partial charge in [0.25, 0.3) is 11.5 Å². The number of aromatic nitrogens is 3. The Hall–Kier alpha value is -4.20. The maximum atomic E-state index is 12.9. The Morgan fingerprint density at radius 1 is 0.969 bits per heavy atom. The third-order valence-electron chi connectivity index (χ3n) is 4.86. The molecule has 4 rings (SSSR count). The summed E-state index contributed by atoms with van der Waals surface area (Å²) in [6, 6.07) is 19.8. The number of carbonyl (C=O) groups is 1. The van der Waals surface area contributed by atoms with E-state index in [1.165, 1.54) is 4.68 Å². The first-order chi connectivity index (χ1) is 15.7. The van der Waals surface area contributed by atoms with E-state index in [9.17, 15) is 9.59 Å². The SMILES string of the molecule is COc1ccccc1OCC(=O)NCc1nn(Cc2ccccn2)c(=O)c2ccccc12. The van der Waals surface area contributed by atoms with E-state index in [4.69, 9.17) is 9.47 Å². The molecule has 2 aromatic heterocycles. The summed E-state index contributed by atoms with van der Waals surface area (Å²) in [7, 11) is 1.54. The van der Waals surface area contributed by atoms with Crippen LogP contribution in [0.15, 0.2) is 77.7 Å². The van der Waals surface area contributed by atoms with Crippen LogP contribution in [0.25, 0.3) is 10.8 Å². The van der Waals surface area contributed by atoms with Gasteiger partial charge >= 0.3 is 0 Å². The summed E-state index contributed by atoms with van der Waals surface area (Å²) in [6.07, 6.45) is 1.67. The quantitative estimate of drug-likeness (QED) is 0.462. The first-order valence-corrected chi connectivity index (χ1v) is 10.1. The van der Waals surface area contributed by atoms with E-state index < -0.39 is 0 Å². The Bertz CT molecular complexity index is 1290. The van der Waals surface area contributed by atoms with Gasteiger partial charge in [0, 0.05) is 11.6 Å². The molecule has 0 spiro atoms. The normalized spacial score (nSPS) is 10.7. The number of hydrogen-bond donors (Lipinski definition) is 1. The van der Waals surface area contributed by atoms with Crippen molar-refractivity contribution < 1.29 is 14.3 Å². The molecule has 8 nitrogen and oxygen atoms in total. The Morgan fingerprint density at radius 3 is 2.44 bits per heavy atom. The van der Waals surface area contributed by atoms with Crippen molar-refractivity contribution in [1.82, 2.24) is 20.1 Å². The highest BCUT2D eigenvalue weighted by atomic mass is 16.5. The molecule has 32 heavy (non-hydrogen) atoms. The molecule has 8 heteroatoms. The molecule has 0 unspecified atom stereocenters.